The fourth-order valence-corrected chi connectivity index (χ4v) is 2.76. The predicted octanol–water partition coefficient (Wildman–Crippen LogP) is 3.56. The maximum atomic E-state index is 6.38. The Bertz CT molecular complexity index is 565. The second-order valence-corrected chi connectivity index (χ2v) is 5.42. The van der Waals surface area contributed by atoms with Gasteiger partial charge in [-0.2, -0.15) is 0 Å². The van der Waals surface area contributed by atoms with Gasteiger partial charge in [0.15, 0.2) is 0 Å². The number of aromatic nitrogens is 1. The summed E-state index contributed by atoms with van der Waals surface area (Å²) in [7, 11) is 0. The van der Waals surface area contributed by atoms with Gasteiger partial charge in [0.1, 0.15) is 0 Å². The Balaban J connectivity index is 2.29. The van der Waals surface area contributed by atoms with Crippen molar-refractivity contribution in [2.24, 2.45) is 5.73 Å². The van der Waals surface area contributed by atoms with E-state index in [9.17, 15) is 0 Å². The van der Waals surface area contributed by atoms with Crippen molar-refractivity contribution < 1.29 is 0 Å². The predicted molar refractivity (Wildman–Crippen MR) is 80.3 cm³/mol. The molecule has 2 rings (SSSR count). The van der Waals surface area contributed by atoms with Gasteiger partial charge in [-0.25, -0.2) is 0 Å². The van der Waals surface area contributed by atoms with Crippen molar-refractivity contribution in [3.63, 3.8) is 0 Å². The fourth-order valence-electron chi connectivity index (χ4n) is 2.76. The maximum Gasteiger partial charge on any atom is 0.0339 e. The molecule has 19 heavy (non-hydrogen) atoms. The average Bonchev–Trinajstić information content (AvgIpc) is 2.34. The molecule has 1 unspecified atom stereocenters. The van der Waals surface area contributed by atoms with Crippen LogP contribution < -0.4 is 5.73 Å². The van der Waals surface area contributed by atoms with Gasteiger partial charge in [0.2, 0.25) is 0 Å². The molecule has 0 aliphatic carbocycles. The highest BCUT2D eigenvalue weighted by atomic mass is 14.7. The molecule has 0 saturated carbocycles. The normalized spacial score (nSPS) is 12.5. The van der Waals surface area contributed by atoms with Gasteiger partial charge in [-0.1, -0.05) is 17.7 Å². The van der Waals surface area contributed by atoms with E-state index in [0.717, 1.165) is 12.0 Å². The summed E-state index contributed by atoms with van der Waals surface area (Å²) >= 11 is 0. The van der Waals surface area contributed by atoms with Crippen LogP contribution in [0.1, 0.15) is 39.4 Å². The van der Waals surface area contributed by atoms with Gasteiger partial charge in [-0.05, 0) is 68.0 Å². The lowest BCUT2D eigenvalue weighted by Crippen LogP contribution is -2.16. The minimum absolute atomic E-state index is 0.0307. The van der Waals surface area contributed by atoms with Crippen LogP contribution in [0, 0.1) is 27.7 Å². The second kappa shape index (κ2) is 5.54. The number of hydrogen-bond donors (Lipinski definition) is 1. The largest absolute Gasteiger partial charge is 0.324 e. The van der Waals surface area contributed by atoms with Gasteiger partial charge in [0, 0.05) is 18.4 Å². The third-order valence-electron chi connectivity index (χ3n) is 3.73. The Kier molecular flexibility index (Phi) is 4.01. The number of nitrogens with two attached hydrogens (primary N) is 1. The molecule has 2 heteroatoms. The van der Waals surface area contributed by atoms with E-state index >= 15 is 0 Å². The van der Waals surface area contributed by atoms with Crippen molar-refractivity contribution in [2.45, 2.75) is 40.2 Å². The molecule has 0 aliphatic heterocycles. The Morgan fingerprint density at radius 1 is 1.05 bits per heavy atom. The van der Waals surface area contributed by atoms with E-state index in [1.54, 1.807) is 0 Å². The van der Waals surface area contributed by atoms with Crippen LogP contribution in [0.5, 0.6) is 0 Å². The highest BCUT2D eigenvalue weighted by Gasteiger charge is 2.13. The molecule has 100 valence electrons. The first-order chi connectivity index (χ1) is 8.99. The van der Waals surface area contributed by atoms with Crippen molar-refractivity contribution in [3.8, 4) is 0 Å². The van der Waals surface area contributed by atoms with E-state index in [-0.39, 0.29) is 6.04 Å². The van der Waals surface area contributed by atoms with Crippen LogP contribution in [0.15, 0.2) is 30.6 Å². The molecule has 1 aromatic carbocycles. The van der Waals surface area contributed by atoms with E-state index in [1.807, 2.05) is 18.5 Å². The van der Waals surface area contributed by atoms with Crippen LogP contribution >= 0.6 is 0 Å². The van der Waals surface area contributed by atoms with Crippen molar-refractivity contribution in [2.75, 3.05) is 0 Å². The quantitative estimate of drug-likeness (QED) is 0.909. The highest BCUT2D eigenvalue weighted by molar-refractivity contribution is 5.39. The molecule has 0 bridgehead atoms. The zero-order chi connectivity index (χ0) is 14.0. The molecule has 1 aromatic heterocycles. The number of nitrogens with zero attached hydrogens (tertiary/aromatic N) is 1. The first-order valence-electron chi connectivity index (χ1n) is 6.72. The van der Waals surface area contributed by atoms with Crippen LogP contribution in [0.2, 0.25) is 0 Å². The van der Waals surface area contributed by atoms with Gasteiger partial charge >= 0.3 is 0 Å². The number of rotatable bonds is 3. The average molecular weight is 254 g/mol. The van der Waals surface area contributed by atoms with Gasteiger partial charge in [-0.15, -0.1) is 0 Å². The molecule has 0 radical (unpaired) electrons. The zero-order valence-electron chi connectivity index (χ0n) is 12.2. The van der Waals surface area contributed by atoms with Crippen molar-refractivity contribution >= 4 is 0 Å². The van der Waals surface area contributed by atoms with E-state index in [1.165, 1.54) is 27.8 Å². The lowest BCUT2D eigenvalue weighted by atomic mass is 9.91. The molecule has 0 fully saturated rings. The number of benzene rings is 1. The summed E-state index contributed by atoms with van der Waals surface area (Å²) in [5, 5.41) is 0. The van der Waals surface area contributed by atoms with Crippen LogP contribution in [0.3, 0.4) is 0 Å². The van der Waals surface area contributed by atoms with E-state index < -0.39 is 0 Å². The monoisotopic (exact) mass is 254 g/mol. The molecule has 2 N–H and O–H groups in total. The molecule has 2 aromatic rings. The Hall–Kier alpha value is -1.67. The summed E-state index contributed by atoms with van der Waals surface area (Å²) in [5.41, 5.74) is 14.1. The highest BCUT2D eigenvalue weighted by Crippen LogP contribution is 2.24. The summed E-state index contributed by atoms with van der Waals surface area (Å²) in [6, 6.07) is 6.52. The standard InChI is InChI=1S/C17H22N2/c1-11-7-12(2)16(13(3)8-11)9-17(18)15-5-6-19-10-14(15)4/h5-8,10,17H,9,18H2,1-4H3. The summed E-state index contributed by atoms with van der Waals surface area (Å²) in [5.74, 6) is 0. The molecule has 0 aliphatic rings. The Morgan fingerprint density at radius 3 is 2.26 bits per heavy atom. The van der Waals surface area contributed by atoms with E-state index in [4.69, 9.17) is 5.73 Å². The van der Waals surface area contributed by atoms with Gasteiger partial charge in [-0.3, -0.25) is 4.98 Å². The summed E-state index contributed by atoms with van der Waals surface area (Å²) < 4.78 is 0. The zero-order valence-corrected chi connectivity index (χ0v) is 12.2. The van der Waals surface area contributed by atoms with Crippen molar-refractivity contribution in [1.82, 2.24) is 4.98 Å². The summed E-state index contributed by atoms with van der Waals surface area (Å²) in [6.07, 6.45) is 4.57. The summed E-state index contributed by atoms with van der Waals surface area (Å²) in [6.45, 7) is 8.54. The molecule has 0 spiro atoms. The van der Waals surface area contributed by atoms with Crippen LogP contribution in [0.4, 0.5) is 0 Å². The first kappa shape index (κ1) is 13.8. The van der Waals surface area contributed by atoms with Gasteiger partial charge < -0.3 is 5.73 Å². The topological polar surface area (TPSA) is 38.9 Å². The van der Waals surface area contributed by atoms with E-state index in [0.29, 0.717) is 0 Å². The molecular weight excluding hydrogens is 232 g/mol. The van der Waals surface area contributed by atoms with E-state index in [2.05, 4.69) is 44.8 Å². The van der Waals surface area contributed by atoms with Crippen LogP contribution in [0.25, 0.3) is 0 Å². The van der Waals surface area contributed by atoms with Gasteiger partial charge in [0.25, 0.3) is 0 Å². The molecular formula is C17H22N2. The Labute approximate surface area is 115 Å². The fraction of sp³-hybridized carbons (Fsp3) is 0.353. The third kappa shape index (κ3) is 3.02. The van der Waals surface area contributed by atoms with Gasteiger partial charge in [0.05, 0.1) is 0 Å². The first-order valence-corrected chi connectivity index (χ1v) is 6.72. The smallest absolute Gasteiger partial charge is 0.0339 e. The SMILES string of the molecule is Cc1cc(C)c(CC(N)c2ccncc2C)c(C)c1. The Morgan fingerprint density at radius 2 is 1.68 bits per heavy atom. The lowest BCUT2D eigenvalue weighted by molar-refractivity contribution is 0.708. The number of pyridine rings is 1. The van der Waals surface area contributed by atoms with Crippen LogP contribution in [-0.2, 0) is 6.42 Å². The molecule has 0 amide bonds. The van der Waals surface area contributed by atoms with Crippen molar-refractivity contribution in [3.05, 3.63) is 64.0 Å². The number of aryl methyl sites for hydroxylation is 4. The minimum Gasteiger partial charge on any atom is -0.324 e. The molecule has 1 atom stereocenters. The third-order valence-corrected chi connectivity index (χ3v) is 3.73. The molecule has 2 nitrogen and oxygen atoms in total. The lowest BCUT2D eigenvalue weighted by Gasteiger charge is -2.18. The molecule has 0 saturated heterocycles. The van der Waals surface area contributed by atoms with Crippen LogP contribution in [-0.4, -0.2) is 4.98 Å². The maximum absolute atomic E-state index is 6.38. The minimum atomic E-state index is 0.0307. The van der Waals surface area contributed by atoms with Crippen molar-refractivity contribution in [1.29, 1.82) is 0 Å². The summed E-state index contributed by atoms with van der Waals surface area (Å²) in [4.78, 5) is 4.13. The second-order valence-electron chi connectivity index (χ2n) is 5.42. The number of hydrogen-bond acceptors (Lipinski definition) is 2. The molecule has 1 heterocycles.